The minimum absolute atomic E-state index is 0.129. The van der Waals surface area contributed by atoms with Crippen LogP contribution in [0.15, 0.2) is 12.7 Å². The molecular weight excluding hydrogens is 424 g/mol. The minimum Gasteiger partial charge on any atom is -0.481 e. The maximum absolute atomic E-state index is 14.1. The molecule has 33 heavy (non-hydrogen) atoms. The zero-order chi connectivity index (χ0) is 24.6. The Morgan fingerprint density at radius 1 is 1.24 bits per heavy atom. The molecule has 3 aliphatic rings. The summed E-state index contributed by atoms with van der Waals surface area (Å²) in [6.45, 7) is 12.4. The molecule has 3 aliphatic heterocycles. The lowest BCUT2D eigenvalue weighted by molar-refractivity contribution is -0.159. The molecule has 186 valence electrons. The van der Waals surface area contributed by atoms with E-state index in [1.165, 1.54) is 0 Å². The van der Waals surface area contributed by atoms with Crippen molar-refractivity contribution in [2.45, 2.75) is 95.4 Å². The van der Waals surface area contributed by atoms with E-state index in [9.17, 15) is 19.5 Å². The summed E-state index contributed by atoms with van der Waals surface area (Å²) in [6.07, 6.45) is 6.25. The van der Waals surface area contributed by atoms with Crippen LogP contribution in [0.5, 0.6) is 0 Å². The Hall–Kier alpha value is -1.93. The van der Waals surface area contributed by atoms with E-state index in [4.69, 9.17) is 9.84 Å². The van der Waals surface area contributed by atoms with Crippen LogP contribution in [0.25, 0.3) is 0 Å². The molecule has 0 aromatic heterocycles. The number of aliphatic hydroxyl groups is 1. The Kier molecular flexibility index (Phi) is 7.30. The number of unbranched alkanes of at least 4 members (excludes halogenated alkanes) is 3. The van der Waals surface area contributed by atoms with Crippen LogP contribution < -0.4 is 0 Å². The first-order chi connectivity index (χ1) is 15.5. The molecule has 8 heteroatoms. The molecule has 0 radical (unpaired) electrons. The minimum atomic E-state index is -1.11. The number of nitrogens with zero attached hydrogens (tertiary/aromatic N) is 2. The molecule has 2 bridgehead atoms. The molecule has 2 N–H and O–H groups in total. The summed E-state index contributed by atoms with van der Waals surface area (Å²) >= 11 is 0. The SMILES string of the molecule is C=CCN(C(=O)C1N(CCCCCCO)C(=O)[C@@H]2[C@@H](C(=O)O)[C@@]3(CC)CCC12O3)C(C)(C)C. The maximum Gasteiger partial charge on any atom is 0.310 e. The smallest absolute Gasteiger partial charge is 0.310 e. The van der Waals surface area contributed by atoms with Gasteiger partial charge in [0.1, 0.15) is 17.6 Å². The number of carboxylic acid groups (broad SMARTS) is 1. The van der Waals surface area contributed by atoms with Crippen LogP contribution in [0.4, 0.5) is 0 Å². The third kappa shape index (κ3) is 4.09. The number of carbonyl (C=O) groups excluding carboxylic acids is 2. The van der Waals surface area contributed by atoms with Crippen molar-refractivity contribution in [3.05, 3.63) is 12.7 Å². The van der Waals surface area contributed by atoms with Gasteiger partial charge in [-0.05, 0) is 52.9 Å². The zero-order valence-corrected chi connectivity index (χ0v) is 20.5. The van der Waals surface area contributed by atoms with Gasteiger partial charge in [-0.3, -0.25) is 14.4 Å². The van der Waals surface area contributed by atoms with E-state index in [1.807, 2.05) is 27.7 Å². The van der Waals surface area contributed by atoms with Crippen molar-refractivity contribution >= 4 is 17.8 Å². The number of aliphatic hydroxyl groups excluding tert-OH is 1. The van der Waals surface area contributed by atoms with E-state index in [2.05, 4.69) is 6.58 Å². The molecular formula is C25H40N2O6. The summed E-state index contributed by atoms with van der Waals surface area (Å²) in [7, 11) is 0. The average Bonchev–Trinajstić information content (AvgIpc) is 3.34. The number of likely N-dealkylation sites (tertiary alicyclic amines) is 1. The predicted molar refractivity (Wildman–Crippen MR) is 123 cm³/mol. The molecule has 8 nitrogen and oxygen atoms in total. The summed E-state index contributed by atoms with van der Waals surface area (Å²) < 4.78 is 6.57. The molecule has 3 fully saturated rings. The van der Waals surface area contributed by atoms with Gasteiger partial charge in [-0.15, -0.1) is 6.58 Å². The molecule has 0 aliphatic carbocycles. The fraction of sp³-hybridized carbons (Fsp3) is 0.800. The van der Waals surface area contributed by atoms with Crippen molar-refractivity contribution in [1.82, 2.24) is 9.80 Å². The van der Waals surface area contributed by atoms with E-state index in [0.29, 0.717) is 45.2 Å². The lowest BCUT2D eigenvalue weighted by Crippen LogP contribution is -2.60. The third-order valence-corrected chi connectivity index (χ3v) is 7.88. The highest BCUT2D eigenvalue weighted by Crippen LogP contribution is 2.64. The van der Waals surface area contributed by atoms with Crippen LogP contribution in [-0.4, -0.2) is 80.3 Å². The van der Waals surface area contributed by atoms with E-state index in [0.717, 1.165) is 12.8 Å². The van der Waals surface area contributed by atoms with E-state index < -0.39 is 40.6 Å². The molecule has 2 unspecified atom stereocenters. The van der Waals surface area contributed by atoms with Crippen molar-refractivity contribution in [1.29, 1.82) is 0 Å². The van der Waals surface area contributed by atoms with Crippen molar-refractivity contribution in [2.24, 2.45) is 11.8 Å². The number of carbonyl (C=O) groups is 3. The molecule has 1 spiro atoms. The summed E-state index contributed by atoms with van der Waals surface area (Å²) in [5.41, 5.74) is -2.51. The highest BCUT2D eigenvalue weighted by Gasteiger charge is 2.79. The first kappa shape index (κ1) is 25.7. The summed E-state index contributed by atoms with van der Waals surface area (Å²) in [4.78, 5) is 43.5. The lowest BCUT2D eigenvalue weighted by atomic mass is 9.65. The van der Waals surface area contributed by atoms with Gasteiger partial charge in [0, 0.05) is 25.2 Å². The Balaban J connectivity index is 2.02. The number of hydrogen-bond donors (Lipinski definition) is 2. The second-order valence-electron chi connectivity index (χ2n) is 10.7. The quantitative estimate of drug-likeness (QED) is 0.360. The topological polar surface area (TPSA) is 107 Å². The Bertz CT molecular complexity index is 792. The number of carboxylic acids is 1. The number of rotatable bonds is 11. The highest BCUT2D eigenvalue weighted by molar-refractivity contribution is 5.98. The predicted octanol–water partition coefficient (Wildman–Crippen LogP) is 2.59. The molecule has 2 amide bonds. The first-order valence-electron chi connectivity index (χ1n) is 12.3. The van der Waals surface area contributed by atoms with Crippen LogP contribution in [0.1, 0.15) is 72.6 Å². The summed E-state index contributed by atoms with van der Waals surface area (Å²) in [5.74, 6) is -3.29. The number of fused-ring (bicyclic) bond motifs is 1. The number of hydrogen-bond acceptors (Lipinski definition) is 5. The van der Waals surface area contributed by atoms with Gasteiger partial charge in [-0.2, -0.15) is 0 Å². The van der Waals surface area contributed by atoms with Crippen LogP contribution in [-0.2, 0) is 19.1 Å². The molecule has 5 atom stereocenters. The molecule has 3 rings (SSSR count). The summed E-state index contributed by atoms with van der Waals surface area (Å²) in [6, 6.07) is -0.843. The Labute approximate surface area is 196 Å². The Morgan fingerprint density at radius 2 is 1.91 bits per heavy atom. The largest absolute Gasteiger partial charge is 0.481 e. The van der Waals surface area contributed by atoms with Crippen LogP contribution in [0.2, 0.25) is 0 Å². The second-order valence-corrected chi connectivity index (χ2v) is 10.7. The fourth-order valence-electron chi connectivity index (χ4n) is 6.33. The van der Waals surface area contributed by atoms with E-state index in [-0.39, 0.29) is 18.4 Å². The van der Waals surface area contributed by atoms with Gasteiger partial charge in [0.25, 0.3) is 0 Å². The molecule has 0 aromatic carbocycles. The number of aliphatic carboxylic acids is 1. The second kappa shape index (κ2) is 9.37. The molecule has 0 saturated carbocycles. The van der Waals surface area contributed by atoms with Crippen LogP contribution in [0.3, 0.4) is 0 Å². The third-order valence-electron chi connectivity index (χ3n) is 7.88. The molecule has 3 saturated heterocycles. The van der Waals surface area contributed by atoms with Gasteiger partial charge >= 0.3 is 5.97 Å². The molecule has 0 aromatic rings. The van der Waals surface area contributed by atoms with Gasteiger partial charge in [-0.25, -0.2) is 0 Å². The normalized spacial score (nSPS) is 32.8. The fourth-order valence-corrected chi connectivity index (χ4v) is 6.33. The zero-order valence-electron chi connectivity index (χ0n) is 20.5. The van der Waals surface area contributed by atoms with E-state index in [1.54, 1.807) is 15.9 Å². The Morgan fingerprint density at radius 3 is 2.45 bits per heavy atom. The highest BCUT2D eigenvalue weighted by atomic mass is 16.5. The monoisotopic (exact) mass is 464 g/mol. The average molecular weight is 465 g/mol. The van der Waals surface area contributed by atoms with Gasteiger partial charge in [-0.1, -0.05) is 25.8 Å². The van der Waals surface area contributed by atoms with Gasteiger partial charge < -0.3 is 24.7 Å². The summed E-state index contributed by atoms with van der Waals surface area (Å²) in [5, 5.41) is 19.2. The lowest BCUT2D eigenvalue weighted by Gasteiger charge is -2.42. The van der Waals surface area contributed by atoms with E-state index >= 15 is 0 Å². The first-order valence-corrected chi connectivity index (χ1v) is 12.3. The van der Waals surface area contributed by atoms with Crippen LogP contribution in [0, 0.1) is 11.8 Å². The maximum atomic E-state index is 14.1. The van der Waals surface area contributed by atoms with Crippen molar-refractivity contribution < 1.29 is 29.3 Å². The molecule has 3 heterocycles. The van der Waals surface area contributed by atoms with Gasteiger partial charge in [0.05, 0.1) is 11.5 Å². The van der Waals surface area contributed by atoms with Gasteiger partial charge in [0.15, 0.2) is 0 Å². The standard InChI is InChI=1S/C25H40N2O6/c1-6-14-27(23(3,4)5)21(30)19-25-13-12-24(7-2,33-25)18(22(31)32)17(25)20(29)26(19)15-10-8-9-11-16-28/h6,17-19,28H,1,7-16H2,2-5H3,(H,31,32)/t17-,18-,19?,24+,25?/m0/s1. The van der Waals surface area contributed by atoms with Gasteiger partial charge in [0.2, 0.25) is 11.8 Å². The number of amides is 2. The van der Waals surface area contributed by atoms with Crippen molar-refractivity contribution in [3.63, 3.8) is 0 Å². The van der Waals surface area contributed by atoms with Crippen LogP contribution >= 0.6 is 0 Å². The number of ether oxygens (including phenoxy) is 1. The van der Waals surface area contributed by atoms with Crippen molar-refractivity contribution in [2.75, 3.05) is 19.7 Å². The van der Waals surface area contributed by atoms with Crippen molar-refractivity contribution in [3.8, 4) is 0 Å².